The number of nitrogens with zero attached hydrogens (tertiary/aromatic N) is 1. The van der Waals surface area contributed by atoms with Crippen LogP contribution in [0.25, 0.3) is 0 Å². The molecule has 0 atom stereocenters. The topological polar surface area (TPSA) is 33.0 Å². The average molecular weight is 237 g/mol. The molecular formula is C16H15NO. The van der Waals surface area contributed by atoms with Crippen molar-refractivity contribution in [1.82, 2.24) is 0 Å². The Morgan fingerprint density at radius 3 is 2.72 bits per heavy atom. The number of benzene rings is 2. The summed E-state index contributed by atoms with van der Waals surface area (Å²) < 4.78 is 5.72. The van der Waals surface area contributed by atoms with Crippen LogP contribution in [0.5, 0.6) is 5.75 Å². The Labute approximate surface area is 107 Å². The third-order valence-corrected chi connectivity index (χ3v) is 2.86. The van der Waals surface area contributed by atoms with Gasteiger partial charge in [-0.05, 0) is 43.2 Å². The molecule has 0 heterocycles. The lowest BCUT2D eigenvalue weighted by molar-refractivity contribution is 0.305. The van der Waals surface area contributed by atoms with Crippen LogP contribution in [-0.4, -0.2) is 0 Å². The van der Waals surface area contributed by atoms with Crippen molar-refractivity contribution in [3.05, 3.63) is 64.7 Å². The van der Waals surface area contributed by atoms with E-state index in [1.54, 1.807) is 12.1 Å². The van der Waals surface area contributed by atoms with Crippen LogP contribution in [0.15, 0.2) is 42.5 Å². The maximum atomic E-state index is 8.82. The first-order chi connectivity index (χ1) is 8.69. The highest BCUT2D eigenvalue weighted by Crippen LogP contribution is 2.17. The van der Waals surface area contributed by atoms with E-state index in [0.29, 0.717) is 12.2 Å². The summed E-state index contributed by atoms with van der Waals surface area (Å²) in [5.74, 6) is 0.731. The number of ether oxygens (including phenoxy) is 1. The van der Waals surface area contributed by atoms with E-state index >= 15 is 0 Å². The minimum atomic E-state index is 0.530. The number of hydrogen-bond acceptors (Lipinski definition) is 2. The zero-order chi connectivity index (χ0) is 13.0. The van der Waals surface area contributed by atoms with Crippen molar-refractivity contribution in [2.45, 2.75) is 20.5 Å². The fourth-order valence-electron chi connectivity index (χ4n) is 1.77. The van der Waals surface area contributed by atoms with Gasteiger partial charge in [0, 0.05) is 0 Å². The van der Waals surface area contributed by atoms with E-state index in [9.17, 15) is 0 Å². The SMILES string of the molecule is Cc1ccc(C)c(COc2cccc(C#N)c2)c1. The van der Waals surface area contributed by atoms with Gasteiger partial charge in [-0.25, -0.2) is 0 Å². The molecule has 0 saturated heterocycles. The molecule has 18 heavy (non-hydrogen) atoms. The van der Waals surface area contributed by atoms with Gasteiger partial charge in [-0.15, -0.1) is 0 Å². The number of hydrogen-bond donors (Lipinski definition) is 0. The van der Waals surface area contributed by atoms with Crippen molar-refractivity contribution >= 4 is 0 Å². The first-order valence-corrected chi connectivity index (χ1v) is 5.88. The zero-order valence-electron chi connectivity index (χ0n) is 10.6. The van der Waals surface area contributed by atoms with Gasteiger partial charge < -0.3 is 4.74 Å². The van der Waals surface area contributed by atoms with E-state index in [1.807, 2.05) is 12.1 Å². The maximum Gasteiger partial charge on any atom is 0.121 e. The first kappa shape index (κ1) is 12.2. The standard InChI is InChI=1S/C16H15NO/c1-12-6-7-13(2)15(8-12)11-18-16-5-3-4-14(9-16)10-17/h3-9H,11H2,1-2H3. The van der Waals surface area contributed by atoms with Crippen LogP contribution < -0.4 is 4.74 Å². The molecule has 0 unspecified atom stereocenters. The highest BCUT2D eigenvalue weighted by Gasteiger charge is 2.01. The van der Waals surface area contributed by atoms with Gasteiger partial charge >= 0.3 is 0 Å². The summed E-state index contributed by atoms with van der Waals surface area (Å²) >= 11 is 0. The van der Waals surface area contributed by atoms with Gasteiger partial charge in [0.05, 0.1) is 11.6 Å². The molecule has 2 nitrogen and oxygen atoms in total. The molecule has 2 aromatic rings. The molecule has 0 fully saturated rings. The van der Waals surface area contributed by atoms with Crippen molar-refractivity contribution in [2.24, 2.45) is 0 Å². The maximum absolute atomic E-state index is 8.82. The zero-order valence-corrected chi connectivity index (χ0v) is 10.6. The smallest absolute Gasteiger partial charge is 0.121 e. The van der Waals surface area contributed by atoms with Crippen molar-refractivity contribution in [3.63, 3.8) is 0 Å². The van der Waals surface area contributed by atoms with Gasteiger partial charge in [0.25, 0.3) is 0 Å². The molecule has 2 heteroatoms. The predicted octanol–water partition coefficient (Wildman–Crippen LogP) is 3.75. The van der Waals surface area contributed by atoms with E-state index in [0.717, 1.165) is 5.75 Å². The van der Waals surface area contributed by atoms with Gasteiger partial charge in [0.15, 0.2) is 0 Å². The van der Waals surface area contributed by atoms with Gasteiger partial charge in [-0.2, -0.15) is 5.26 Å². The van der Waals surface area contributed by atoms with Gasteiger partial charge in [0.2, 0.25) is 0 Å². The fraction of sp³-hybridized carbons (Fsp3) is 0.188. The van der Waals surface area contributed by atoms with Crippen molar-refractivity contribution in [3.8, 4) is 11.8 Å². The lowest BCUT2D eigenvalue weighted by Gasteiger charge is -2.09. The number of aryl methyl sites for hydroxylation is 2. The molecule has 90 valence electrons. The van der Waals surface area contributed by atoms with Gasteiger partial charge in [-0.1, -0.05) is 29.8 Å². The Hall–Kier alpha value is -2.27. The van der Waals surface area contributed by atoms with E-state index in [4.69, 9.17) is 10.00 Å². The largest absolute Gasteiger partial charge is 0.489 e. The fourth-order valence-corrected chi connectivity index (χ4v) is 1.77. The van der Waals surface area contributed by atoms with Crippen LogP contribution in [0, 0.1) is 25.2 Å². The lowest BCUT2D eigenvalue weighted by Crippen LogP contribution is -1.98. The molecule has 0 saturated carbocycles. The molecule has 0 aliphatic rings. The Morgan fingerprint density at radius 1 is 1.11 bits per heavy atom. The second-order valence-corrected chi connectivity index (χ2v) is 4.36. The third-order valence-electron chi connectivity index (χ3n) is 2.86. The van der Waals surface area contributed by atoms with Crippen LogP contribution in [0.2, 0.25) is 0 Å². The summed E-state index contributed by atoms with van der Waals surface area (Å²) in [5.41, 5.74) is 4.24. The monoisotopic (exact) mass is 237 g/mol. The summed E-state index contributed by atoms with van der Waals surface area (Å²) in [6.45, 7) is 4.67. The number of rotatable bonds is 3. The van der Waals surface area contributed by atoms with Crippen LogP contribution >= 0.6 is 0 Å². The molecular weight excluding hydrogens is 222 g/mol. The molecule has 0 radical (unpaired) electrons. The van der Waals surface area contributed by atoms with Gasteiger partial charge in [-0.3, -0.25) is 0 Å². The molecule has 0 aliphatic carbocycles. The van der Waals surface area contributed by atoms with Crippen molar-refractivity contribution < 1.29 is 4.74 Å². The highest BCUT2D eigenvalue weighted by molar-refractivity contribution is 5.36. The molecule has 0 aliphatic heterocycles. The van der Waals surface area contributed by atoms with Crippen molar-refractivity contribution in [2.75, 3.05) is 0 Å². The Bertz CT molecular complexity index is 596. The van der Waals surface area contributed by atoms with E-state index < -0.39 is 0 Å². The van der Waals surface area contributed by atoms with Crippen LogP contribution in [0.1, 0.15) is 22.3 Å². The van der Waals surface area contributed by atoms with Crippen LogP contribution in [0.3, 0.4) is 0 Å². The average Bonchev–Trinajstić information content (AvgIpc) is 2.40. The molecule has 0 aromatic heterocycles. The van der Waals surface area contributed by atoms with Gasteiger partial charge in [0.1, 0.15) is 12.4 Å². The van der Waals surface area contributed by atoms with Crippen LogP contribution in [-0.2, 0) is 6.61 Å². The first-order valence-electron chi connectivity index (χ1n) is 5.88. The molecule has 0 amide bonds. The minimum absolute atomic E-state index is 0.530. The van der Waals surface area contributed by atoms with E-state index in [2.05, 4.69) is 38.1 Å². The molecule has 2 aromatic carbocycles. The number of nitriles is 1. The summed E-state index contributed by atoms with van der Waals surface area (Å²) in [7, 11) is 0. The normalized spacial score (nSPS) is 9.83. The highest BCUT2D eigenvalue weighted by atomic mass is 16.5. The minimum Gasteiger partial charge on any atom is -0.489 e. The van der Waals surface area contributed by atoms with Crippen LogP contribution in [0.4, 0.5) is 0 Å². The Balaban J connectivity index is 2.11. The second kappa shape index (κ2) is 5.37. The summed E-state index contributed by atoms with van der Waals surface area (Å²) in [6.07, 6.45) is 0. The summed E-state index contributed by atoms with van der Waals surface area (Å²) in [5, 5.41) is 8.82. The Kier molecular flexibility index (Phi) is 3.64. The second-order valence-electron chi connectivity index (χ2n) is 4.36. The quantitative estimate of drug-likeness (QED) is 0.814. The lowest BCUT2D eigenvalue weighted by atomic mass is 10.1. The molecule has 2 rings (SSSR count). The summed E-state index contributed by atoms with van der Waals surface area (Å²) in [4.78, 5) is 0. The Morgan fingerprint density at radius 2 is 1.94 bits per heavy atom. The molecule has 0 spiro atoms. The molecule has 0 bridgehead atoms. The summed E-state index contributed by atoms with van der Waals surface area (Å²) in [6, 6.07) is 15.6. The van der Waals surface area contributed by atoms with E-state index in [-0.39, 0.29) is 0 Å². The molecule has 0 N–H and O–H groups in total. The van der Waals surface area contributed by atoms with Crippen molar-refractivity contribution in [1.29, 1.82) is 5.26 Å². The predicted molar refractivity (Wildman–Crippen MR) is 71.4 cm³/mol. The third kappa shape index (κ3) is 2.89. The van der Waals surface area contributed by atoms with E-state index in [1.165, 1.54) is 16.7 Å².